The molecule has 0 unspecified atom stereocenters. The highest BCUT2D eigenvalue weighted by Gasteiger charge is 2.11. The Morgan fingerprint density at radius 3 is 2.82 bits per heavy atom. The number of nitrogen functional groups attached to an aromatic ring is 1. The zero-order valence-electron chi connectivity index (χ0n) is 9.07. The van der Waals surface area contributed by atoms with Crippen LogP contribution in [-0.4, -0.2) is 29.7 Å². The molecule has 7 nitrogen and oxygen atoms in total. The lowest BCUT2D eigenvalue weighted by atomic mass is 10.3. The number of anilines is 1. The molecule has 2 N–H and O–H groups in total. The van der Waals surface area contributed by atoms with Crippen LogP contribution < -0.4 is 5.73 Å². The summed E-state index contributed by atoms with van der Waals surface area (Å²) in [5, 5.41) is 4.83. The fourth-order valence-electron chi connectivity index (χ4n) is 1.57. The second-order valence-corrected chi connectivity index (χ2v) is 3.53. The van der Waals surface area contributed by atoms with E-state index in [1.807, 2.05) is 0 Å². The number of aryl methyl sites for hydroxylation is 1. The van der Waals surface area contributed by atoms with E-state index in [1.165, 1.54) is 0 Å². The van der Waals surface area contributed by atoms with Crippen LogP contribution in [0.25, 0.3) is 22.6 Å². The topological polar surface area (TPSA) is 95.4 Å². The van der Waals surface area contributed by atoms with Gasteiger partial charge in [0.25, 0.3) is 0 Å². The maximum atomic E-state index is 5.86. The van der Waals surface area contributed by atoms with Gasteiger partial charge in [0, 0.05) is 19.4 Å². The van der Waals surface area contributed by atoms with Crippen LogP contribution in [0.1, 0.15) is 0 Å². The molecule has 0 saturated heterocycles. The van der Waals surface area contributed by atoms with Crippen molar-refractivity contribution in [3.8, 4) is 11.5 Å². The summed E-state index contributed by atoms with van der Waals surface area (Å²) in [6, 6.07) is 0. The van der Waals surface area contributed by atoms with Crippen molar-refractivity contribution >= 4 is 16.9 Å². The van der Waals surface area contributed by atoms with Crippen molar-refractivity contribution < 1.29 is 0 Å². The quantitative estimate of drug-likeness (QED) is 0.646. The first-order valence-corrected chi connectivity index (χ1v) is 4.97. The largest absolute Gasteiger partial charge is 0.383 e. The van der Waals surface area contributed by atoms with Crippen LogP contribution in [-0.2, 0) is 7.05 Å². The number of rotatable bonds is 1. The Morgan fingerprint density at radius 1 is 1.18 bits per heavy atom. The molecule has 84 valence electrons. The van der Waals surface area contributed by atoms with Gasteiger partial charge in [-0.3, -0.25) is 9.67 Å². The van der Waals surface area contributed by atoms with Gasteiger partial charge >= 0.3 is 0 Å². The van der Waals surface area contributed by atoms with Crippen LogP contribution in [0.15, 0.2) is 24.8 Å². The van der Waals surface area contributed by atoms with Crippen molar-refractivity contribution in [3.63, 3.8) is 0 Å². The Balaban J connectivity index is 2.28. The number of hydrogen-bond acceptors (Lipinski definition) is 6. The number of fused-ring (bicyclic) bond motifs is 1. The van der Waals surface area contributed by atoms with Gasteiger partial charge in [-0.2, -0.15) is 5.10 Å². The fraction of sp³-hybridized carbons (Fsp3) is 0.100. The zero-order valence-corrected chi connectivity index (χ0v) is 9.07. The SMILES string of the molecule is Cn1ncc2c(N)nc(-c3cnccn3)nc21. The highest BCUT2D eigenvalue weighted by molar-refractivity contribution is 5.86. The molecular weight excluding hydrogens is 218 g/mol. The van der Waals surface area contributed by atoms with Gasteiger partial charge in [-0.1, -0.05) is 0 Å². The van der Waals surface area contributed by atoms with Gasteiger partial charge in [0.15, 0.2) is 11.5 Å². The normalized spacial score (nSPS) is 10.9. The summed E-state index contributed by atoms with van der Waals surface area (Å²) in [4.78, 5) is 16.7. The van der Waals surface area contributed by atoms with Crippen molar-refractivity contribution in [2.45, 2.75) is 0 Å². The van der Waals surface area contributed by atoms with Gasteiger partial charge in [-0.25, -0.2) is 15.0 Å². The third-order valence-electron chi connectivity index (χ3n) is 2.41. The van der Waals surface area contributed by atoms with Crippen LogP contribution >= 0.6 is 0 Å². The second-order valence-electron chi connectivity index (χ2n) is 3.53. The van der Waals surface area contributed by atoms with Crippen LogP contribution in [0.4, 0.5) is 5.82 Å². The lowest BCUT2D eigenvalue weighted by Crippen LogP contribution is -2.00. The maximum absolute atomic E-state index is 5.86. The second kappa shape index (κ2) is 3.48. The zero-order chi connectivity index (χ0) is 11.8. The Morgan fingerprint density at radius 2 is 2.06 bits per heavy atom. The fourth-order valence-corrected chi connectivity index (χ4v) is 1.57. The summed E-state index contributed by atoms with van der Waals surface area (Å²) in [6.07, 6.45) is 6.42. The summed E-state index contributed by atoms with van der Waals surface area (Å²) >= 11 is 0. The van der Waals surface area contributed by atoms with E-state index in [0.29, 0.717) is 23.0 Å². The van der Waals surface area contributed by atoms with E-state index in [-0.39, 0.29) is 0 Å². The summed E-state index contributed by atoms with van der Waals surface area (Å²) < 4.78 is 1.65. The molecule has 0 aliphatic carbocycles. The first-order chi connectivity index (χ1) is 8.25. The third-order valence-corrected chi connectivity index (χ3v) is 2.41. The molecule has 0 aliphatic heterocycles. The summed E-state index contributed by atoms with van der Waals surface area (Å²) in [5.74, 6) is 0.843. The molecule has 0 atom stereocenters. The van der Waals surface area contributed by atoms with E-state index in [0.717, 1.165) is 5.39 Å². The van der Waals surface area contributed by atoms with E-state index in [1.54, 1.807) is 36.5 Å². The minimum atomic E-state index is 0.392. The number of aromatic nitrogens is 6. The lowest BCUT2D eigenvalue weighted by molar-refractivity contribution is 0.785. The van der Waals surface area contributed by atoms with Gasteiger partial charge in [0.1, 0.15) is 11.5 Å². The average molecular weight is 227 g/mol. The molecule has 0 aromatic carbocycles. The first-order valence-electron chi connectivity index (χ1n) is 4.97. The summed E-state index contributed by atoms with van der Waals surface area (Å²) in [6.45, 7) is 0. The minimum Gasteiger partial charge on any atom is -0.383 e. The summed E-state index contributed by atoms with van der Waals surface area (Å²) in [7, 11) is 1.80. The molecule has 0 saturated carbocycles. The Labute approximate surface area is 96.4 Å². The Bertz CT molecular complexity index is 674. The van der Waals surface area contributed by atoms with E-state index in [2.05, 4.69) is 25.0 Å². The van der Waals surface area contributed by atoms with Crippen LogP contribution in [0, 0.1) is 0 Å². The van der Waals surface area contributed by atoms with E-state index >= 15 is 0 Å². The molecule has 0 bridgehead atoms. The van der Waals surface area contributed by atoms with Crippen molar-refractivity contribution in [1.29, 1.82) is 0 Å². The van der Waals surface area contributed by atoms with Crippen molar-refractivity contribution in [1.82, 2.24) is 29.7 Å². The standard InChI is InChI=1S/C10H9N7/c1-17-10-6(4-14-17)8(11)15-9(16-10)7-5-12-2-3-13-7/h2-5H,1H3,(H2,11,15,16). The van der Waals surface area contributed by atoms with Gasteiger partial charge in [-0.15, -0.1) is 0 Å². The Hall–Kier alpha value is -2.57. The molecule has 0 aliphatic rings. The van der Waals surface area contributed by atoms with E-state index in [9.17, 15) is 0 Å². The van der Waals surface area contributed by atoms with Crippen LogP contribution in [0.2, 0.25) is 0 Å². The molecule has 3 heterocycles. The minimum absolute atomic E-state index is 0.392. The number of hydrogen-bond donors (Lipinski definition) is 1. The lowest BCUT2D eigenvalue weighted by Gasteiger charge is -2.01. The molecule has 0 radical (unpaired) electrons. The summed E-state index contributed by atoms with van der Waals surface area (Å²) in [5.41, 5.74) is 7.12. The smallest absolute Gasteiger partial charge is 0.183 e. The number of nitrogens with zero attached hydrogens (tertiary/aromatic N) is 6. The monoisotopic (exact) mass is 227 g/mol. The predicted molar refractivity (Wildman–Crippen MR) is 61.7 cm³/mol. The predicted octanol–water partition coefficient (Wildman–Crippen LogP) is 0.402. The van der Waals surface area contributed by atoms with E-state index < -0.39 is 0 Å². The molecule has 17 heavy (non-hydrogen) atoms. The molecule has 3 aromatic heterocycles. The Kier molecular flexibility index (Phi) is 1.97. The van der Waals surface area contributed by atoms with Gasteiger partial charge < -0.3 is 5.73 Å². The van der Waals surface area contributed by atoms with Gasteiger partial charge in [-0.05, 0) is 0 Å². The molecule has 0 spiro atoms. The molecule has 0 amide bonds. The van der Waals surface area contributed by atoms with E-state index in [4.69, 9.17) is 5.73 Å². The number of nitrogens with two attached hydrogens (primary N) is 1. The van der Waals surface area contributed by atoms with Crippen LogP contribution in [0.5, 0.6) is 0 Å². The van der Waals surface area contributed by atoms with Crippen LogP contribution in [0.3, 0.4) is 0 Å². The first kappa shape index (κ1) is 9.64. The highest BCUT2D eigenvalue weighted by atomic mass is 15.3. The van der Waals surface area contributed by atoms with Gasteiger partial charge in [0.05, 0.1) is 17.8 Å². The molecule has 7 heteroatoms. The molecule has 3 aromatic rings. The van der Waals surface area contributed by atoms with Crippen molar-refractivity contribution in [3.05, 3.63) is 24.8 Å². The molecule has 3 rings (SSSR count). The highest BCUT2D eigenvalue weighted by Crippen LogP contribution is 2.20. The average Bonchev–Trinajstić information content (AvgIpc) is 2.73. The molecule has 0 fully saturated rings. The van der Waals surface area contributed by atoms with Crippen molar-refractivity contribution in [2.24, 2.45) is 7.05 Å². The van der Waals surface area contributed by atoms with Crippen molar-refractivity contribution in [2.75, 3.05) is 5.73 Å². The molecular formula is C10H9N7. The van der Waals surface area contributed by atoms with Gasteiger partial charge in [0.2, 0.25) is 0 Å². The third kappa shape index (κ3) is 1.48. The maximum Gasteiger partial charge on any atom is 0.183 e.